The first-order chi connectivity index (χ1) is 16.2. The molecule has 0 bridgehead atoms. The van der Waals surface area contributed by atoms with Crippen molar-refractivity contribution in [3.8, 4) is 5.75 Å². The molecule has 170 valence electrons. The number of para-hydroxylation sites is 1. The number of thiazole rings is 1. The first kappa shape index (κ1) is 22.1. The highest BCUT2D eigenvalue weighted by molar-refractivity contribution is 7.18. The molecule has 4 nitrogen and oxygen atoms in total. The van der Waals surface area contributed by atoms with Gasteiger partial charge in [-0.3, -0.25) is 0 Å². The van der Waals surface area contributed by atoms with Gasteiger partial charge >= 0.3 is 0 Å². The Morgan fingerprint density at radius 1 is 1.00 bits per heavy atom. The van der Waals surface area contributed by atoms with Crippen LogP contribution in [0.1, 0.15) is 46.6 Å². The number of piperidine rings is 1. The third-order valence-corrected chi connectivity index (χ3v) is 7.79. The zero-order chi connectivity index (χ0) is 22.6. The number of aliphatic hydroxyl groups excluding tert-OH is 1. The fourth-order valence-corrected chi connectivity index (χ4v) is 5.78. The van der Waals surface area contributed by atoms with Gasteiger partial charge in [0.25, 0.3) is 0 Å². The summed E-state index contributed by atoms with van der Waals surface area (Å²) in [6, 6.07) is 24.7. The minimum Gasteiger partial charge on any atom is -0.497 e. The molecule has 5 heteroatoms. The van der Waals surface area contributed by atoms with Crippen LogP contribution >= 0.6 is 11.3 Å². The van der Waals surface area contributed by atoms with E-state index in [0.717, 1.165) is 60.7 Å². The second-order valence-electron chi connectivity index (χ2n) is 8.77. The van der Waals surface area contributed by atoms with E-state index in [-0.39, 0.29) is 0 Å². The standard InChI is InChI=1S/C28H30N2O2S/c1-32-23-12-10-20(11-13-23)14-17-30-18-15-21(16-19-30)24-8-5-9-25-26(24)29-28(33-25)27(31)22-6-3-2-4-7-22/h2-13,21,27,31H,14-19H2,1H3. The smallest absolute Gasteiger partial charge is 0.131 e. The van der Waals surface area contributed by atoms with Gasteiger partial charge in [0.1, 0.15) is 16.9 Å². The summed E-state index contributed by atoms with van der Waals surface area (Å²) in [7, 11) is 1.71. The zero-order valence-corrected chi connectivity index (χ0v) is 19.8. The molecule has 2 heterocycles. The van der Waals surface area contributed by atoms with E-state index >= 15 is 0 Å². The Morgan fingerprint density at radius 3 is 2.48 bits per heavy atom. The Morgan fingerprint density at radius 2 is 1.76 bits per heavy atom. The third kappa shape index (κ3) is 4.96. The first-order valence-electron chi connectivity index (χ1n) is 11.7. The van der Waals surface area contributed by atoms with Crippen LogP contribution in [0, 0.1) is 0 Å². The molecule has 5 rings (SSSR count). The molecule has 1 fully saturated rings. The number of hydrogen-bond donors (Lipinski definition) is 1. The normalized spacial score (nSPS) is 16.2. The number of fused-ring (bicyclic) bond motifs is 1. The summed E-state index contributed by atoms with van der Waals surface area (Å²) in [5.41, 5.74) is 4.66. The highest BCUT2D eigenvalue weighted by atomic mass is 32.1. The molecule has 1 atom stereocenters. The first-order valence-corrected chi connectivity index (χ1v) is 12.5. The molecule has 1 aromatic heterocycles. The number of likely N-dealkylation sites (tertiary alicyclic amines) is 1. The summed E-state index contributed by atoms with van der Waals surface area (Å²) in [4.78, 5) is 7.49. The molecule has 0 amide bonds. The third-order valence-electron chi connectivity index (χ3n) is 6.72. The summed E-state index contributed by atoms with van der Waals surface area (Å²) in [5, 5.41) is 11.6. The molecule has 0 spiro atoms. The van der Waals surface area contributed by atoms with Gasteiger partial charge in [0.05, 0.1) is 17.3 Å². The van der Waals surface area contributed by atoms with Crippen molar-refractivity contribution in [3.05, 3.63) is 94.5 Å². The van der Waals surface area contributed by atoms with E-state index in [0.29, 0.717) is 5.92 Å². The van der Waals surface area contributed by atoms with Crippen LogP contribution in [0.15, 0.2) is 72.8 Å². The molecule has 1 aliphatic heterocycles. The second kappa shape index (κ2) is 10.0. The number of rotatable bonds is 7. The number of hydrogen-bond acceptors (Lipinski definition) is 5. The van der Waals surface area contributed by atoms with Crippen LogP contribution in [0.4, 0.5) is 0 Å². The average molecular weight is 459 g/mol. The Hall–Kier alpha value is -2.73. The molecule has 33 heavy (non-hydrogen) atoms. The summed E-state index contributed by atoms with van der Waals surface area (Å²) in [6.45, 7) is 3.31. The number of benzene rings is 3. The van der Waals surface area contributed by atoms with E-state index in [1.165, 1.54) is 15.8 Å². The van der Waals surface area contributed by atoms with Crippen molar-refractivity contribution in [2.45, 2.75) is 31.3 Å². The van der Waals surface area contributed by atoms with Crippen molar-refractivity contribution in [2.24, 2.45) is 0 Å². The highest BCUT2D eigenvalue weighted by Gasteiger charge is 2.24. The SMILES string of the molecule is COc1ccc(CCN2CCC(c3cccc4sc(C(O)c5ccccc5)nc34)CC2)cc1. The highest BCUT2D eigenvalue weighted by Crippen LogP contribution is 2.37. The maximum Gasteiger partial charge on any atom is 0.131 e. The van der Waals surface area contributed by atoms with Gasteiger partial charge in [0.15, 0.2) is 0 Å². The fraction of sp³-hybridized carbons (Fsp3) is 0.321. The number of methoxy groups -OCH3 is 1. The van der Waals surface area contributed by atoms with Crippen LogP contribution in [0.3, 0.4) is 0 Å². The van der Waals surface area contributed by atoms with E-state index in [2.05, 4.69) is 35.2 Å². The number of aliphatic hydroxyl groups is 1. The Bertz CT molecular complexity index is 1180. The van der Waals surface area contributed by atoms with Crippen LogP contribution in [0.5, 0.6) is 5.75 Å². The summed E-state index contributed by atoms with van der Waals surface area (Å²) in [6.07, 6.45) is 2.69. The Balaban J connectivity index is 1.24. The largest absolute Gasteiger partial charge is 0.497 e. The molecule has 0 aliphatic carbocycles. The summed E-state index contributed by atoms with van der Waals surface area (Å²) in [5.74, 6) is 1.44. The lowest BCUT2D eigenvalue weighted by Crippen LogP contribution is -2.34. The summed E-state index contributed by atoms with van der Waals surface area (Å²) >= 11 is 1.61. The fourth-order valence-electron chi connectivity index (χ4n) is 4.76. The van der Waals surface area contributed by atoms with Gasteiger partial charge in [0.2, 0.25) is 0 Å². The molecule has 1 saturated heterocycles. The average Bonchev–Trinajstić information content (AvgIpc) is 3.33. The minimum atomic E-state index is -0.670. The lowest BCUT2D eigenvalue weighted by Gasteiger charge is -2.32. The number of ether oxygens (including phenoxy) is 1. The van der Waals surface area contributed by atoms with E-state index in [1.54, 1.807) is 18.4 Å². The molecule has 0 radical (unpaired) electrons. The molecular weight excluding hydrogens is 428 g/mol. The van der Waals surface area contributed by atoms with E-state index in [1.807, 2.05) is 42.5 Å². The van der Waals surface area contributed by atoms with E-state index < -0.39 is 6.10 Å². The van der Waals surface area contributed by atoms with Gasteiger partial charge in [-0.15, -0.1) is 11.3 Å². The van der Waals surface area contributed by atoms with Gasteiger partial charge in [-0.2, -0.15) is 0 Å². The van der Waals surface area contributed by atoms with Crippen molar-refractivity contribution in [2.75, 3.05) is 26.7 Å². The molecule has 1 N–H and O–H groups in total. The Labute approximate surface area is 199 Å². The predicted molar refractivity (Wildman–Crippen MR) is 135 cm³/mol. The van der Waals surface area contributed by atoms with Gasteiger partial charge in [-0.25, -0.2) is 4.98 Å². The lowest BCUT2D eigenvalue weighted by molar-refractivity contribution is 0.215. The van der Waals surface area contributed by atoms with Crippen molar-refractivity contribution >= 4 is 21.6 Å². The quantitative estimate of drug-likeness (QED) is 0.380. The zero-order valence-electron chi connectivity index (χ0n) is 19.0. The van der Waals surface area contributed by atoms with E-state index in [9.17, 15) is 5.11 Å². The molecule has 4 aromatic rings. The van der Waals surface area contributed by atoms with Crippen molar-refractivity contribution in [1.29, 1.82) is 0 Å². The van der Waals surface area contributed by atoms with Crippen molar-refractivity contribution in [3.63, 3.8) is 0 Å². The van der Waals surface area contributed by atoms with Gasteiger partial charge in [0, 0.05) is 6.54 Å². The monoisotopic (exact) mass is 458 g/mol. The lowest BCUT2D eigenvalue weighted by atomic mass is 9.88. The van der Waals surface area contributed by atoms with Crippen LogP contribution in [-0.4, -0.2) is 41.7 Å². The maximum absolute atomic E-state index is 10.8. The van der Waals surface area contributed by atoms with Crippen molar-refractivity contribution in [1.82, 2.24) is 9.88 Å². The van der Waals surface area contributed by atoms with Crippen LogP contribution in [-0.2, 0) is 6.42 Å². The molecule has 0 saturated carbocycles. The topological polar surface area (TPSA) is 45.6 Å². The molecule has 3 aromatic carbocycles. The summed E-state index contributed by atoms with van der Waals surface area (Å²) < 4.78 is 6.42. The van der Waals surface area contributed by atoms with Gasteiger partial charge < -0.3 is 14.7 Å². The van der Waals surface area contributed by atoms with E-state index in [4.69, 9.17) is 9.72 Å². The Kier molecular flexibility index (Phi) is 6.72. The van der Waals surface area contributed by atoms with Crippen LogP contribution in [0.25, 0.3) is 10.2 Å². The van der Waals surface area contributed by atoms with Crippen LogP contribution < -0.4 is 4.74 Å². The van der Waals surface area contributed by atoms with Crippen LogP contribution in [0.2, 0.25) is 0 Å². The van der Waals surface area contributed by atoms with Crippen molar-refractivity contribution < 1.29 is 9.84 Å². The molecule has 1 unspecified atom stereocenters. The molecule has 1 aliphatic rings. The van der Waals surface area contributed by atoms with Gasteiger partial charge in [-0.1, -0.05) is 54.6 Å². The number of aromatic nitrogens is 1. The van der Waals surface area contributed by atoms with Gasteiger partial charge in [-0.05, 0) is 73.2 Å². The number of nitrogens with zero attached hydrogens (tertiary/aromatic N) is 2. The molecular formula is C28H30N2O2S. The predicted octanol–water partition coefficient (Wildman–Crippen LogP) is 5.81. The second-order valence-corrected chi connectivity index (χ2v) is 9.84. The minimum absolute atomic E-state index is 0.523. The maximum atomic E-state index is 10.8.